The van der Waals surface area contributed by atoms with Crippen LogP contribution in [-0.2, 0) is 10.4 Å². The van der Waals surface area contributed by atoms with Crippen molar-refractivity contribution in [1.82, 2.24) is 9.38 Å². The molecule has 0 atom stereocenters. The van der Waals surface area contributed by atoms with E-state index in [9.17, 15) is 0 Å². The third-order valence-corrected chi connectivity index (χ3v) is 3.86. The molecule has 21 heavy (non-hydrogen) atoms. The van der Waals surface area contributed by atoms with E-state index in [0.717, 1.165) is 22.5 Å². The van der Waals surface area contributed by atoms with Crippen LogP contribution < -0.4 is 0 Å². The summed E-state index contributed by atoms with van der Waals surface area (Å²) in [5, 5.41) is 9.16. The SMILES string of the molecule is OCc1ccc2nc(-c3ccc(C(Cl)(Cl)Cl)cc3)cn2c1. The highest BCUT2D eigenvalue weighted by Gasteiger charge is 2.22. The maximum atomic E-state index is 9.16. The summed E-state index contributed by atoms with van der Waals surface area (Å²) < 4.78 is 0.456. The van der Waals surface area contributed by atoms with Gasteiger partial charge in [-0.25, -0.2) is 4.98 Å². The molecule has 1 aromatic carbocycles. The summed E-state index contributed by atoms with van der Waals surface area (Å²) in [6, 6.07) is 11.0. The maximum Gasteiger partial charge on any atom is 0.216 e. The highest BCUT2D eigenvalue weighted by Crippen LogP contribution is 2.38. The number of pyridine rings is 1. The molecule has 108 valence electrons. The molecule has 2 aromatic heterocycles. The smallest absolute Gasteiger partial charge is 0.216 e. The van der Waals surface area contributed by atoms with Crippen molar-refractivity contribution >= 4 is 40.4 Å². The fourth-order valence-electron chi connectivity index (χ4n) is 2.10. The van der Waals surface area contributed by atoms with Crippen LogP contribution in [0.5, 0.6) is 0 Å². The molecule has 0 aliphatic rings. The van der Waals surface area contributed by atoms with Crippen molar-refractivity contribution < 1.29 is 5.11 Å². The number of hydrogen-bond acceptors (Lipinski definition) is 2. The van der Waals surface area contributed by atoms with Crippen LogP contribution in [0.25, 0.3) is 16.9 Å². The van der Waals surface area contributed by atoms with E-state index in [1.807, 2.05) is 41.1 Å². The predicted molar refractivity (Wildman–Crippen MR) is 85.8 cm³/mol. The first-order chi connectivity index (χ1) is 9.97. The number of fused-ring (bicyclic) bond motifs is 1. The van der Waals surface area contributed by atoms with E-state index in [2.05, 4.69) is 4.98 Å². The summed E-state index contributed by atoms with van der Waals surface area (Å²) in [5.74, 6) is 0. The van der Waals surface area contributed by atoms with Gasteiger partial charge in [0.25, 0.3) is 0 Å². The first kappa shape index (κ1) is 14.7. The molecule has 3 rings (SSSR count). The second-order valence-corrected chi connectivity index (χ2v) is 6.94. The number of aliphatic hydroxyl groups is 1. The number of halogens is 3. The fourth-order valence-corrected chi connectivity index (χ4v) is 2.48. The zero-order valence-electron chi connectivity index (χ0n) is 10.8. The minimum atomic E-state index is -1.42. The average molecular weight is 342 g/mol. The molecule has 1 N–H and O–H groups in total. The van der Waals surface area contributed by atoms with Crippen molar-refractivity contribution in [1.29, 1.82) is 0 Å². The van der Waals surface area contributed by atoms with Gasteiger partial charge in [0.15, 0.2) is 0 Å². The maximum absolute atomic E-state index is 9.16. The number of nitrogens with zero attached hydrogens (tertiary/aromatic N) is 2. The lowest BCUT2D eigenvalue weighted by Gasteiger charge is -2.10. The largest absolute Gasteiger partial charge is 0.392 e. The van der Waals surface area contributed by atoms with E-state index >= 15 is 0 Å². The van der Waals surface area contributed by atoms with Crippen molar-refractivity contribution in [2.75, 3.05) is 0 Å². The molecule has 0 spiro atoms. The van der Waals surface area contributed by atoms with E-state index in [-0.39, 0.29) is 6.61 Å². The van der Waals surface area contributed by atoms with Crippen LogP contribution >= 0.6 is 34.8 Å². The molecule has 3 aromatic rings. The summed E-state index contributed by atoms with van der Waals surface area (Å²) in [7, 11) is 0. The second-order valence-electron chi connectivity index (χ2n) is 4.66. The topological polar surface area (TPSA) is 37.5 Å². The summed E-state index contributed by atoms with van der Waals surface area (Å²) >= 11 is 17.5. The minimum Gasteiger partial charge on any atom is -0.392 e. The predicted octanol–water partition coefficient (Wildman–Crippen LogP) is 4.32. The van der Waals surface area contributed by atoms with Gasteiger partial charge in [0.1, 0.15) is 5.65 Å². The number of benzene rings is 1. The van der Waals surface area contributed by atoms with E-state index in [0.29, 0.717) is 5.56 Å². The Balaban J connectivity index is 2.00. The molecule has 0 amide bonds. The van der Waals surface area contributed by atoms with Crippen LogP contribution in [0, 0.1) is 0 Å². The van der Waals surface area contributed by atoms with Crippen molar-refractivity contribution in [3.05, 3.63) is 59.9 Å². The highest BCUT2D eigenvalue weighted by atomic mass is 35.6. The number of rotatable bonds is 2. The third kappa shape index (κ3) is 3.01. The van der Waals surface area contributed by atoms with Gasteiger partial charge in [0.2, 0.25) is 3.79 Å². The number of hydrogen-bond donors (Lipinski definition) is 1. The summed E-state index contributed by atoms with van der Waals surface area (Å²) in [6.07, 6.45) is 3.75. The Morgan fingerprint density at radius 1 is 1.00 bits per heavy atom. The van der Waals surface area contributed by atoms with Gasteiger partial charge in [-0.3, -0.25) is 0 Å². The van der Waals surface area contributed by atoms with Crippen molar-refractivity contribution in [3.8, 4) is 11.3 Å². The normalized spacial score (nSPS) is 12.0. The number of aromatic nitrogens is 2. The molecule has 0 bridgehead atoms. The van der Waals surface area contributed by atoms with Gasteiger partial charge >= 0.3 is 0 Å². The summed E-state index contributed by atoms with van der Waals surface area (Å²) in [5.41, 5.74) is 4.01. The highest BCUT2D eigenvalue weighted by molar-refractivity contribution is 6.66. The number of imidazole rings is 1. The third-order valence-electron chi connectivity index (χ3n) is 3.20. The Morgan fingerprint density at radius 2 is 1.71 bits per heavy atom. The molecule has 0 radical (unpaired) electrons. The molecule has 3 nitrogen and oxygen atoms in total. The standard InChI is InChI=1S/C15H11Cl3N2O/c16-15(17,18)12-4-2-11(3-5-12)13-8-20-7-10(9-21)1-6-14(20)19-13/h1-8,21H,9H2. The van der Waals surface area contributed by atoms with E-state index in [4.69, 9.17) is 39.9 Å². The first-order valence-electron chi connectivity index (χ1n) is 6.23. The van der Waals surface area contributed by atoms with Crippen LogP contribution in [0.2, 0.25) is 0 Å². The molecule has 6 heteroatoms. The number of aliphatic hydroxyl groups excluding tert-OH is 1. The Hall–Kier alpha value is -1.26. The number of alkyl halides is 3. The van der Waals surface area contributed by atoms with Crippen molar-refractivity contribution in [3.63, 3.8) is 0 Å². The molecule has 0 fully saturated rings. The molecule has 0 aliphatic carbocycles. The van der Waals surface area contributed by atoms with Gasteiger partial charge in [0, 0.05) is 23.5 Å². The van der Waals surface area contributed by atoms with Crippen molar-refractivity contribution in [2.24, 2.45) is 0 Å². The second kappa shape index (κ2) is 5.50. The Bertz CT molecular complexity index is 776. The van der Waals surface area contributed by atoms with Crippen LogP contribution in [0.3, 0.4) is 0 Å². The summed E-state index contributed by atoms with van der Waals surface area (Å²) in [4.78, 5) is 4.53. The van der Waals surface area contributed by atoms with Crippen LogP contribution in [0.1, 0.15) is 11.1 Å². The van der Waals surface area contributed by atoms with Gasteiger partial charge in [-0.2, -0.15) is 0 Å². The van der Waals surface area contributed by atoms with Crippen LogP contribution in [0.4, 0.5) is 0 Å². The van der Waals surface area contributed by atoms with E-state index in [1.54, 1.807) is 12.1 Å². The van der Waals surface area contributed by atoms with E-state index < -0.39 is 3.79 Å². The van der Waals surface area contributed by atoms with Gasteiger partial charge < -0.3 is 9.51 Å². The zero-order valence-corrected chi connectivity index (χ0v) is 13.1. The molecule has 0 unspecified atom stereocenters. The van der Waals surface area contributed by atoms with E-state index in [1.165, 1.54) is 0 Å². The molecule has 0 aliphatic heterocycles. The monoisotopic (exact) mass is 340 g/mol. The van der Waals surface area contributed by atoms with Gasteiger partial charge in [-0.05, 0) is 11.6 Å². The van der Waals surface area contributed by atoms with Gasteiger partial charge in [0.05, 0.1) is 12.3 Å². The van der Waals surface area contributed by atoms with Gasteiger partial charge in [-0.1, -0.05) is 65.1 Å². The summed E-state index contributed by atoms with van der Waals surface area (Å²) in [6.45, 7) is 0.00139. The van der Waals surface area contributed by atoms with Crippen LogP contribution in [0.15, 0.2) is 48.8 Å². The average Bonchev–Trinajstić information content (AvgIpc) is 2.89. The lowest BCUT2D eigenvalue weighted by atomic mass is 10.1. The lowest BCUT2D eigenvalue weighted by molar-refractivity contribution is 0.281. The van der Waals surface area contributed by atoms with Gasteiger partial charge in [-0.15, -0.1) is 0 Å². The molecular formula is C15H11Cl3N2O. The molecular weight excluding hydrogens is 331 g/mol. The first-order valence-corrected chi connectivity index (χ1v) is 7.37. The Labute approximate surface area is 136 Å². The quantitative estimate of drug-likeness (QED) is 0.705. The van der Waals surface area contributed by atoms with Crippen LogP contribution in [-0.4, -0.2) is 14.5 Å². The minimum absolute atomic E-state index is 0.00139. The molecule has 0 saturated heterocycles. The Morgan fingerprint density at radius 3 is 2.33 bits per heavy atom. The fraction of sp³-hybridized carbons (Fsp3) is 0.133. The Kier molecular flexibility index (Phi) is 3.84. The van der Waals surface area contributed by atoms with Crippen molar-refractivity contribution in [2.45, 2.75) is 10.4 Å². The molecule has 0 saturated carbocycles. The lowest BCUT2D eigenvalue weighted by Crippen LogP contribution is -1.98. The zero-order chi connectivity index (χ0) is 15.0. The molecule has 2 heterocycles.